The molecule has 36 heavy (non-hydrogen) atoms. The van der Waals surface area contributed by atoms with Crippen LogP contribution in [0, 0.1) is 6.92 Å². The molecule has 0 aromatic heterocycles. The molecule has 3 rings (SSSR count). The zero-order chi connectivity index (χ0) is 26.2. The molecular weight excluding hydrogens is 450 g/mol. The number of aliphatic carboxylic acids is 1. The van der Waals surface area contributed by atoms with E-state index in [1.165, 1.54) is 24.8 Å². The maximum absolute atomic E-state index is 14.1. The molecule has 3 N–H and O–H groups in total. The topological polar surface area (TPSA) is 89.6 Å². The Balaban J connectivity index is 1.78. The van der Waals surface area contributed by atoms with Gasteiger partial charge in [-0.3, -0.25) is 4.79 Å². The van der Waals surface area contributed by atoms with E-state index in [-0.39, 0.29) is 5.78 Å². The van der Waals surface area contributed by atoms with Crippen molar-refractivity contribution < 1.29 is 19.4 Å². The van der Waals surface area contributed by atoms with Crippen molar-refractivity contribution in [3.8, 4) is 0 Å². The highest BCUT2D eigenvalue weighted by molar-refractivity contribution is 6.00. The van der Waals surface area contributed by atoms with Gasteiger partial charge < -0.3 is 15.6 Å². The molecule has 5 heteroatoms. The molecule has 196 valence electrons. The molecule has 0 aliphatic heterocycles. The Morgan fingerprint density at radius 1 is 0.972 bits per heavy atom. The van der Waals surface area contributed by atoms with Crippen molar-refractivity contribution in [3.63, 3.8) is 0 Å². The lowest BCUT2D eigenvalue weighted by Gasteiger charge is -2.33. The van der Waals surface area contributed by atoms with Crippen molar-refractivity contribution in [2.24, 2.45) is 5.73 Å². The fraction of sp³-hybridized carbons (Fsp3) is 0.548. The normalized spacial score (nSPS) is 16.8. The van der Waals surface area contributed by atoms with Crippen LogP contribution in [0.5, 0.6) is 0 Å². The standard InChI is InChI=1S/C31H43NO4/c1-4-6-7-8-9-18-31(32,29(35)30(19-20-30)26-16-10-23(3)11-17-26)22-25-14-12-24(13-15-25)21-27(28(33)34)36-5-2/h10-17,27H,4-9,18-22,32H2,1-3H3,(H,33,34). The average molecular weight is 494 g/mol. The van der Waals surface area contributed by atoms with Gasteiger partial charge in [0, 0.05) is 13.0 Å². The first kappa shape index (κ1) is 28.1. The Morgan fingerprint density at radius 2 is 1.58 bits per heavy atom. The molecule has 0 radical (unpaired) electrons. The van der Waals surface area contributed by atoms with E-state index in [9.17, 15) is 14.7 Å². The number of ether oxygens (including phenoxy) is 1. The average Bonchev–Trinajstić information content (AvgIpc) is 3.66. The van der Waals surface area contributed by atoms with Crippen LogP contribution in [0.1, 0.15) is 87.5 Å². The summed E-state index contributed by atoms with van der Waals surface area (Å²) < 4.78 is 5.35. The molecule has 0 spiro atoms. The van der Waals surface area contributed by atoms with Crippen LogP contribution in [0.4, 0.5) is 0 Å². The van der Waals surface area contributed by atoms with Crippen LogP contribution in [0.2, 0.25) is 0 Å². The van der Waals surface area contributed by atoms with E-state index in [0.717, 1.165) is 42.4 Å². The predicted octanol–water partition coefficient (Wildman–Crippen LogP) is 5.93. The van der Waals surface area contributed by atoms with Gasteiger partial charge in [-0.1, -0.05) is 93.1 Å². The van der Waals surface area contributed by atoms with E-state index in [1.807, 2.05) is 24.3 Å². The Morgan fingerprint density at radius 3 is 2.14 bits per heavy atom. The molecule has 1 aliphatic rings. The number of carbonyl (C=O) groups is 2. The van der Waals surface area contributed by atoms with Gasteiger partial charge in [0.25, 0.3) is 0 Å². The third-order valence-electron chi connectivity index (χ3n) is 7.57. The molecule has 2 aromatic rings. The second-order valence-electron chi connectivity index (χ2n) is 10.6. The van der Waals surface area contributed by atoms with Crippen LogP contribution in [0.25, 0.3) is 0 Å². The Kier molecular flexibility index (Phi) is 9.86. The van der Waals surface area contributed by atoms with E-state index < -0.39 is 23.0 Å². The zero-order valence-electron chi connectivity index (χ0n) is 22.2. The molecule has 1 saturated carbocycles. The summed E-state index contributed by atoms with van der Waals surface area (Å²) in [7, 11) is 0. The smallest absolute Gasteiger partial charge is 0.333 e. The molecular formula is C31H43NO4. The highest BCUT2D eigenvalue weighted by Gasteiger charge is 2.56. The minimum Gasteiger partial charge on any atom is -0.479 e. The van der Waals surface area contributed by atoms with Crippen molar-refractivity contribution in [1.29, 1.82) is 0 Å². The van der Waals surface area contributed by atoms with Gasteiger partial charge in [-0.15, -0.1) is 0 Å². The molecule has 2 unspecified atom stereocenters. The van der Waals surface area contributed by atoms with Crippen LogP contribution in [0.3, 0.4) is 0 Å². The third kappa shape index (κ3) is 7.04. The molecule has 1 fully saturated rings. The van der Waals surface area contributed by atoms with Gasteiger partial charge >= 0.3 is 5.97 Å². The summed E-state index contributed by atoms with van der Waals surface area (Å²) in [4.78, 5) is 25.6. The lowest BCUT2D eigenvalue weighted by Crippen LogP contribution is -2.54. The fourth-order valence-corrected chi connectivity index (χ4v) is 5.24. The summed E-state index contributed by atoms with van der Waals surface area (Å²) in [6.45, 7) is 6.41. The second kappa shape index (κ2) is 12.6. The first-order valence-corrected chi connectivity index (χ1v) is 13.6. The van der Waals surface area contributed by atoms with Gasteiger partial charge in [-0.2, -0.15) is 0 Å². The summed E-state index contributed by atoms with van der Waals surface area (Å²) in [5.41, 5.74) is 9.82. The van der Waals surface area contributed by atoms with Crippen molar-refractivity contribution >= 4 is 11.8 Å². The number of hydrogen-bond acceptors (Lipinski definition) is 4. The second-order valence-corrected chi connectivity index (χ2v) is 10.6. The molecule has 0 bridgehead atoms. The SMILES string of the molecule is CCCCCCCC(N)(Cc1ccc(CC(OCC)C(=O)O)cc1)C(=O)C1(c2ccc(C)cc2)CC1. The fourth-order valence-electron chi connectivity index (χ4n) is 5.24. The summed E-state index contributed by atoms with van der Waals surface area (Å²) in [6.07, 6.45) is 7.92. The van der Waals surface area contributed by atoms with Crippen LogP contribution in [-0.2, 0) is 32.6 Å². The zero-order valence-corrected chi connectivity index (χ0v) is 22.2. The van der Waals surface area contributed by atoms with E-state index in [0.29, 0.717) is 25.9 Å². The van der Waals surface area contributed by atoms with Gasteiger partial charge in [0.05, 0.1) is 11.0 Å². The highest BCUT2D eigenvalue weighted by atomic mass is 16.5. The number of ketones is 1. The number of hydrogen-bond donors (Lipinski definition) is 2. The number of carbonyl (C=O) groups excluding carboxylic acids is 1. The maximum atomic E-state index is 14.1. The third-order valence-corrected chi connectivity index (χ3v) is 7.57. The number of carboxylic acids is 1. The summed E-state index contributed by atoms with van der Waals surface area (Å²) in [5.74, 6) is -0.790. The van der Waals surface area contributed by atoms with E-state index in [4.69, 9.17) is 10.5 Å². The molecule has 0 amide bonds. The molecule has 2 aromatic carbocycles. The van der Waals surface area contributed by atoms with Crippen molar-refractivity contribution in [2.75, 3.05) is 6.61 Å². The van der Waals surface area contributed by atoms with Crippen molar-refractivity contribution in [3.05, 3.63) is 70.8 Å². The van der Waals surface area contributed by atoms with E-state index in [2.05, 4.69) is 38.1 Å². The monoisotopic (exact) mass is 493 g/mol. The number of nitrogens with two attached hydrogens (primary N) is 1. The Bertz CT molecular complexity index is 994. The van der Waals surface area contributed by atoms with Crippen molar-refractivity contribution in [2.45, 2.75) is 102 Å². The Hall–Kier alpha value is -2.50. The summed E-state index contributed by atoms with van der Waals surface area (Å²) in [6, 6.07) is 16.2. The molecule has 0 heterocycles. The van der Waals surface area contributed by atoms with Crippen LogP contribution in [-0.4, -0.2) is 35.1 Å². The van der Waals surface area contributed by atoms with Gasteiger partial charge in [-0.25, -0.2) is 4.79 Å². The largest absolute Gasteiger partial charge is 0.479 e. The number of benzene rings is 2. The maximum Gasteiger partial charge on any atom is 0.333 e. The quantitative estimate of drug-likeness (QED) is 0.283. The number of rotatable bonds is 16. The Labute approximate surface area is 216 Å². The van der Waals surface area contributed by atoms with Gasteiger partial charge in [0.2, 0.25) is 0 Å². The first-order valence-electron chi connectivity index (χ1n) is 13.6. The van der Waals surface area contributed by atoms with Gasteiger partial charge in [0.15, 0.2) is 11.9 Å². The van der Waals surface area contributed by atoms with E-state index >= 15 is 0 Å². The lowest BCUT2D eigenvalue weighted by atomic mass is 9.74. The summed E-state index contributed by atoms with van der Waals surface area (Å²) >= 11 is 0. The number of aryl methyl sites for hydroxylation is 1. The van der Waals surface area contributed by atoms with Crippen LogP contribution in [0.15, 0.2) is 48.5 Å². The van der Waals surface area contributed by atoms with Crippen LogP contribution >= 0.6 is 0 Å². The minimum atomic E-state index is -0.957. The number of carboxylic acid groups (broad SMARTS) is 1. The minimum absolute atomic E-state index is 0.167. The molecule has 2 atom stereocenters. The lowest BCUT2D eigenvalue weighted by molar-refractivity contribution is -0.150. The van der Waals surface area contributed by atoms with Crippen molar-refractivity contribution in [1.82, 2.24) is 0 Å². The molecule has 5 nitrogen and oxygen atoms in total. The van der Waals surface area contributed by atoms with Crippen LogP contribution < -0.4 is 5.73 Å². The molecule has 0 saturated heterocycles. The van der Waals surface area contributed by atoms with E-state index in [1.54, 1.807) is 6.92 Å². The van der Waals surface area contributed by atoms with Gasteiger partial charge in [-0.05, 0) is 56.2 Å². The predicted molar refractivity (Wildman–Crippen MR) is 144 cm³/mol. The summed E-state index contributed by atoms with van der Waals surface area (Å²) in [5, 5.41) is 9.38. The highest BCUT2D eigenvalue weighted by Crippen LogP contribution is 2.51. The molecule has 1 aliphatic carbocycles. The number of Topliss-reactive ketones (excluding diaryl/α,β-unsaturated/α-hetero) is 1. The number of unbranched alkanes of at least 4 members (excludes halogenated alkanes) is 4. The van der Waals surface area contributed by atoms with Gasteiger partial charge in [0.1, 0.15) is 0 Å². The first-order chi connectivity index (χ1) is 17.2.